The van der Waals surface area contributed by atoms with Gasteiger partial charge in [-0.1, -0.05) is 5.16 Å². The molecule has 0 saturated carbocycles. The maximum absolute atomic E-state index is 12.2. The lowest BCUT2D eigenvalue weighted by Crippen LogP contribution is -2.28. The molecule has 0 aliphatic carbocycles. The fourth-order valence-electron chi connectivity index (χ4n) is 2.46. The summed E-state index contributed by atoms with van der Waals surface area (Å²) in [6.45, 7) is 3.28. The highest BCUT2D eigenvalue weighted by Crippen LogP contribution is 2.22. The molecular formula is C19H19N3O4S. The number of benzene rings is 1. The number of Topliss-reactive ketones (excluding diaryl/α,β-unsaturated/α-hetero) is 1. The highest BCUT2D eigenvalue weighted by Gasteiger charge is 2.18. The molecule has 1 unspecified atom stereocenters. The van der Waals surface area contributed by atoms with E-state index in [4.69, 9.17) is 9.26 Å². The highest BCUT2D eigenvalue weighted by atomic mass is 32.1. The van der Waals surface area contributed by atoms with E-state index in [2.05, 4.69) is 15.5 Å². The molecule has 27 heavy (non-hydrogen) atoms. The van der Waals surface area contributed by atoms with Crippen LogP contribution in [0.25, 0.3) is 11.4 Å². The second kappa shape index (κ2) is 8.13. The van der Waals surface area contributed by atoms with Crippen molar-refractivity contribution >= 4 is 23.0 Å². The van der Waals surface area contributed by atoms with Crippen LogP contribution in [0.15, 0.2) is 40.2 Å². The maximum Gasteiger partial charge on any atom is 0.249 e. The van der Waals surface area contributed by atoms with Crippen LogP contribution in [0.5, 0.6) is 5.75 Å². The molecule has 1 aromatic carbocycles. The Labute approximate surface area is 160 Å². The summed E-state index contributed by atoms with van der Waals surface area (Å²) in [5, 5.41) is 8.61. The van der Waals surface area contributed by atoms with E-state index in [0.717, 1.165) is 16.9 Å². The molecule has 0 saturated heterocycles. The smallest absolute Gasteiger partial charge is 0.249 e. The quantitative estimate of drug-likeness (QED) is 0.626. The van der Waals surface area contributed by atoms with Crippen molar-refractivity contribution in [1.82, 2.24) is 15.5 Å². The van der Waals surface area contributed by atoms with Crippen molar-refractivity contribution in [2.75, 3.05) is 7.11 Å². The van der Waals surface area contributed by atoms with Crippen LogP contribution in [0.2, 0.25) is 0 Å². The number of ketones is 1. The minimum absolute atomic E-state index is 0.00283. The van der Waals surface area contributed by atoms with E-state index in [9.17, 15) is 9.59 Å². The van der Waals surface area contributed by atoms with Crippen LogP contribution >= 0.6 is 11.3 Å². The van der Waals surface area contributed by atoms with E-state index >= 15 is 0 Å². The van der Waals surface area contributed by atoms with Gasteiger partial charge in [0.2, 0.25) is 17.6 Å². The fourth-order valence-corrected chi connectivity index (χ4v) is 3.28. The average molecular weight is 385 g/mol. The van der Waals surface area contributed by atoms with E-state index in [1.165, 1.54) is 18.3 Å². The maximum atomic E-state index is 12.2. The van der Waals surface area contributed by atoms with Crippen molar-refractivity contribution in [2.24, 2.45) is 0 Å². The normalized spacial score (nSPS) is 11.8. The van der Waals surface area contributed by atoms with Gasteiger partial charge in [0.05, 0.1) is 18.4 Å². The van der Waals surface area contributed by atoms with Gasteiger partial charge in [0.1, 0.15) is 11.8 Å². The molecule has 8 heteroatoms. The predicted molar refractivity (Wildman–Crippen MR) is 101 cm³/mol. The molecule has 0 radical (unpaired) electrons. The lowest BCUT2D eigenvalue weighted by Gasteiger charge is -2.08. The Hall–Kier alpha value is -3.00. The molecule has 0 aliphatic rings. The standard InChI is InChI=1S/C19H19N3O4S/c1-11(20-17(24)9-13-8-16(12(2)23)27-10-13)19-21-18(22-26-19)14-4-6-15(25-3)7-5-14/h4-8,10-11H,9H2,1-3H3,(H,20,24). The van der Waals surface area contributed by atoms with Crippen LogP contribution in [-0.4, -0.2) is 28.9 Å². The summed E-state index contributed by atoms with van der Waals surface area (Å²) in [7, 11) is 1.60. The molecule has 0 fully saturated rings. The molecule has 1 atom stereocenters. The van der Waals surface area contributed by atoms with Crippen LogP contribution in [0.1, 0.15) is 41.0 Å². The number of aromatic nitrogens is 2. The average Bonchev–Trinajstić information content (AvgIpc) is 3.31. The highest BCUT2D eigenvalue weighted by molar-refractivity contribution is 7.12. The van der Waals surface area contributed by atoms with E-state index in [-0.39, 0.29) is 18.1 Å². The number of thiophene rings is 1. The Bertz CT molecular complexity index is 946. The van der Waals surface area contributed by atoms with Crippen LogP contribution in [0.3, 0.4) is 0 Å². The molecule has 140 valence electrons. The summed E-state index contributed by atoms with van der Waals surface area (Å²) in [5.74, 6) is 1.32. The third-order valence-electron chi connectivity index (χ3n) is 3.90. The zero-order chi connectivity index (χ0) is 19.4. The van der Waals surface area contributed by atoms with Gasteiger partial charge < -0.3 is 14.6 Å². The second-order valence-corrected chi connectivity index (χ2v) is 6.94. The summed E-state index contributed by atoms with van der Waals surface area (Å²) >= 11 is 1.34. The number of hydrogen-bond donors (Lipinski definition) is 1. The zero-order valence-corrected chi connectivity index (χ0v) is 16.0. The monoisotopic (exact) mass is 385 g/mol. The molecular weight excluding hydrogens is 366 g/mol. The first-order chi connectivity index (χ1) is 13.0. The molecule has 2 aromatic heterocycles. The minimum atomic E-state index is -0.428. The SMILES string of the molecule is COc1ccc(-c2noc(C(C)NC(=O)Cc3csc(C(C)=O)c3)n2)cc1. The Morgan fingerprint density at radius 3 is 2.67 bits per heavy atom. The molecule has 1 amide bonds. The summed E-state index contributed by atoms with van der Waals surface area (Å²) in [4.78, 5) is 28.6. The number of methoxy groups -OCH3 is 1. The Kier molecular flexibility index (Phi) is 5.66. The van der Waals surface area contributed by atoms with E-state index in [1.807, 2.05) is 29.6 Å². The van der Waals surface area contributed by atoms with Crippen molar-refractivity contribution in [2.45, 2.75) is 26.3 Å². The van der Waals surface area contributed by atoms with Crippen LogP contribution in [0.4, 0.5) is 0 Å². The Morgan fingerprint density at radius 1 is 1.30 bits per heavy atom. The predicted octanol–water partition coefficient (Wildman–Crippen LogP) is 3.43. The van der Waals surface area contributed by atoms with Gasteiger partial charge in [0, 0.05) is 5.56 Å². The van der Waals surface area contributed by atoms with Gasteiger partial charge in [0.15, 0.2) is 5.78 Å². The number of nitrogens with one attached hydrogen (secondary N) is 1. The summed E-state index contributed by atoms with van der Waals surface area (Å²) in [6, 6.07) is 8.60. The van der Waals surface area contributed by atoms with Gasteiger partial charge in [-0.2, -0.15) is 4.98 Å². The van der Waals surface area contributed by atoms with Gasteiger partial charge in [-0.3, -0.25) is 9.59 Å². The number of hydrogen-bond acceptors (Lipinski definition) is 7. The van der Waals surface area contributed by atoms with Gasteiger partial charge in [-0.15, -0.1) is 11.3 Å². The fraction of sp³-hybridized carbons (Fsp3) is 0.263. The number of carbonyl (C=O) groups excluding carboxylic acids is 2. The number of nitrogens with zero attached hydrogens (tertiary/aromatic N) is 2. The van der Waals surface area contributed by atoms with Crippen LogP contribution < -0.4 is 10.1 Å². The molecule has 0 bridgehead atoms. The molecule has 3 aromatic rings. The van der Waals surface area contributed by atoms with Gasteiger partial charge >= 0.3 is 0 Å². The molecule has 1 N–H and O–H groups in total. The largest absolute Gasteiger partial charge is 0.497 e. The third kappa shape index (κ3) is 4.59. The van der Waals surface area contributed by atoms with Crippen LogP contribution in [-0.2, 0) is 11.2 Å². The molecule has 7 nitrogen and oxygen atoms in total. The van der Waals surface area contributed by atoms with Crippen molar-refractivity contribution in [1.29, 1.82) is 0 Å². The van der Waals surface area contributed by atoms with E-state index in [0.29, 0.717) is 16.6 Å². The zero-order valence-electron chi connectivity index (χ0n) is 15.2. The lowest BCUT2D eigenvalue weighted by molar-refractivity contribution is -0.121. The first kappa shape index (κ1) is 18.8. The van der Waals surface area contributed by atoms with Gasteiger partial charge in [-0.05, 0) is 55.1 Å². The molecule has 2 heterocycles. The van der Waals surface area contributed by atoms with E-state index < -0.39 is 6.04 Å². The minimum Gasteiger partial charge on any atom is -0.497 e. The number of carbonyl (C=O) groups is 2. The van der Waals surface area contributed by atoms with Gasteiger partial charge in [0.25, 0.3) is 0 Å². The van der Waals surface area contributed by atoms with E-state index in [1.54, 1.807) is 20.1 Å². The number of amides is 1. The van der Waals surface area contributed by atoms with Crippen molar-refractivity contribution in [3.05, 3.63) is 52.0 Å². The summed E-state index contributed by atoms with van der Waals surface area (Å²) in [5.41, 5.74) is 1.60. The van der Waals surface area contributed by atoms with Crippen molar-refractivity contribution in [3.8, 4) is 17.1 Å². The van der Waals surface area contributed by atoms with Gasteiger partial charge in [-0.25, -0.2) is 0 Å². The summed E-state index contributed by atoms with van der Waals surface area (Å²) in [6.07, 6.45) is 0.188. The van der Waals surface area contributed by atoms with Crippen LogP contribution in [0, 0.1) is 0 Å². The molecule has 0 aliphatic heterocycles. The topological polar surface area (TPSA) is 94.3 Å². The molecule has 0 spiro atoms. The van der Waals surface area contributed by atoms with Crippen molar-refractivity contribution < 1.29 is 18.8 Å². The molecule has 3 rings (SSSR count). The lowest BCUT2D eigenvalue weighted by atomic mass is 10.2. The Morgan fingerprint density at radius 2 is 2.04 bits per heavy atom. The van der Waals surface area contributed by atoms with Crippen molar-refractivity contribution in [3.63, 3.8) is 0 Å². The number of ether oxygens (including phenoxy) is 1. The number of rotatable bonds is 7. The Balaban J connectivity index is 1.61. The summed E-state index contributed by atoms with van der Waals surface area (Å²) < 4.78 is 10.4. The second-order valence-electron chi connectivity index (χ2n) is 6.03. The first-order valence-corrected chi connectivity index (χ1v) is 9.20. The third-order valence-corrected chi connectivity index (χ3v) is 4.98. The first-order valence-electron chi connectivity index (χ1n) is 8.32.